The van der Waals surface area contributed by atoms with E-state index in [2.05, 4.69) is 5.32 Å². The van der Waals surface area contributed by atoms with Crippen molar-refractivity contribution in [2.45, 2.75) is 31.6 Å². The number of carboxylic acids is 1. The van der Waals surface area contributed by atoms with E-state index in [-0.39, 0.29) is 5.91 Å². The van der Waals surface area contributed by atoms with Gasteiger partial charge in [-0.15, -0.1) is 0 Å². The zero-order chi connectivity index (χ0) is 14.3. The highest BCUT2D eigenvalue weighted by atomic mass is 32.2. The van der Waals surface area contributed by atoms with Crippen LogP contribution in [-0.2, 0) is 10.5 Å². The number of aliphatic carboxylic acids is 1. The second-order valence-corrected chi connectivity index (χ2v) is 5.15. The highest BCUT2D eigenvalue weighted by Crippen LogP contribution is 2.11. The Bertz CT molecular complexity index is 431. The van der Waals surface area contributed by atoms with Crippen molar-refractivity contribution < 1.29 is 14.7 Å². The summed E-state index contributed by atoms with van der Waals surface area (Å²) in [5.41, 5.74) is 1.64. The van der Waals surface area contributed by atoms with Gasteiger partial charge < -0.3 is 10.4 Å². The number of thioether (sulfide) groups is 1. The monoisotopic (exact) mass is 281 g/mol. The van der Waals surface area contributed by atoms with Crippen LogP contribution in [0.5, 0.6) is 0 Å². The Morgan fingerprint density at radius 2 is 1.95 bits per heavy atom. The van der Waals surface area contributed by atoms with Crippen LogP contribution in [0.2, 0.25) is 0 Å². The van der Waals surface area contributed by atoms with Crippen LogP contribution >= 0.6 is 11.8 Å². The lowest BCUT2D eigenvalue weighted by Crippen LogP contribution is -2.40. The molecule has 1 aromatic carbocycles. The summed E-state index contributed by atoms with van der Waals surface area (Å²) in [7, 11) is 0. The number of rotatable bonds is 7. The van der Waals surface area contributed by atoms with Gasteiger partial charge in [0.25, 0.3) is 5.91 Å². The quantitative estimate of drug-likeness (QED) is 0.806. The molecule has 0 aliphatic heterocycles. The van der Waals surface area contributed by atoms with Crippen molar-refractivity contribution >= 4 is 23.6 Å². The van der Waals surface area contributed by atoms with E-state index in [1.54, 1.807) is 23.9 Å². The van der Waals surface area contributed by atoms with Gasteiger partial charge in [0.2, 0.25) is 0 Å². The predicted molar refractivity (Wildman–Crippen MR) is 77.5 cm³/mol. The Balaban J connectivity index is 2.68. The van der Waals surface area contributed by atoms with Crippen molar-refractivity contribution in [1.29, 1.82) is 0 Å². The number of carboxylic acid groups (broad SMARTS) is 1. The Kier molecular flexibility index (Phi) is 6.42. The number of hydrogen-bond donors (Lipinski definition) is 2. The molecule has 0 aliphatic rings. The van der Waals surface area contributed by atoms with Gasteiger partial charge in [-0.25, -0.2) is 4.79 Å². The van der Waals surface area contributed by atoms with Gasteiger partial charge in [0.1, 0.15) is 6.04 Å². The normalized spacial score (nSPS) is 11.9. The fourth-order valence-electron chi connectivity index (χ4n) is 1.71. The number of carbonyl (C=O) groups is 2. The van der Waals surface area contributed by atoms with E-state index in [0.29, 0.717) is 18.4 Å². The molecule has 0 aromatic heterocycles. The second kappa shape index (κ2) is 7.84. The lowest BCUT2D eigenvalue weighted by molar-refractivity contribution is -0.139. The molecule has 0 aliphatic carbocycles. The van der Waals surface area contributed by atoms with Crippen LogP contribution in [0, 0.1) is 0 Å². The smallest absolute Gasteiger partial charge is 0.326 e. The second-order valence-electron chi connectivity index (χ2n) is 4.28. The van der Waals surface area contributed by atoms with Crippen LogP contribution in [-0.4, -0.2) is 29.3 Å². The zero-order valence-corrected chi connectivity index (χ0v) is 12.0. The minimum absolute atomic E-state index is 0.337. The molecule has 2 N–H and O–H groups in total. The molecular weight excluding hydrogens is 262 g/mol. The first kappa shape index (κ1) is 15.6. The first-order chi connectivity index (χ1) is 9.08. The number of hydrogen-bond acceptors (Lipinski definition) is 3. The van der Waals surface area contributed by atoms with Crippen molar-refractivity contribution in [3.63, 3.8) is 0 Å². The van der Waals surface area contributed by atoms with E-state index in [4.69, 9.17) is 5.11 Å². The lowest BCUT2D eigenvalue weighted by Gasteiger charge is -2.13. The van der Waals surface area contributed by atoms with Crippen LogP contribution < -0.4 is 5.32 Å². The molecule has 0 saturated carbocycles. The summed E-state index contributed by atoms with van der Waals surface area (Å²) in [6.45, 7) is 1.89. The third-order valence-corrected chi connectivity index (χ3v) is 3.33. The number of nitrogens with one attached hydrogen (secondary N) is 1. The van der Waals surface area contributed by atoms with E-state index in [9.17, 15) is 9.59 Å². The molecule has 1 aromatic rings. The van der Waals surface area contributed by atoms with Gasteiger partial charge in [0.05, 0.1) is 0 Å². The maximum Gasteiger partial charge on any atom is 0.326 e. The fourth-order valence-corrected chi connectivity index (χ4v) is 2.23. The van der Waals surface area contributed by atoms with Gasteiger partial charge in [-0.3, -0.25) is 4.79 Å². The third kappa shape index (κ3) is 4.95. The molecule has 0 bridgehead atoms. The molecule has 0 heterocycles. The molecule has 4 nitrogen and oxygen atoms in total. The summed E-state index contributed by atoms with van der Waals surface area (Å²) in [6.07, 6.45) is 3.17. The largest absolute Gasteiger partial charge is 0.480 e. The van der Waals surface area contributed by atoms with Gasteiger partial charge in [-0.1, -0.05) is 25.5 Å². The van der Waals surface area contributed by atoms with E-state index in [1.165, 1.54) is 0 Å². The molecule has 5 heteroatoms. The molecule has 0 fully saturated rings. The molecule has 1 rings (SSSR count). The van der Waals surface area contributed by atoms with Gasteiger partial charge in [-0.05, 0) is 30.4 Å². The molecule has 0 saturated heterocycles. The van der Waals surface area contributed by atoms with Crippen molar-refractivity contribution in [2.75, 3.05) is 6.26 Å². The first-order valence-electron chi connectivity index (χ1n) is 6.20. The first-order valence-corrected chi connectivity index (χ1v) is 7.59. The van der Waals surface area contributed by atoms with Gasteiger partial charge in [0.15, 0.2) is 0 Å². The highest BCUT2D eigenvalue weighted by molar-refractivity contribution is 7.97. The van der Waals surface area contributed by atoms with Crippen molar-refractivity contribution in [1.82, 2.24) is 5.32 Å². The number of benzene rings is 1. The number of amides is 1. The Hall–Kier alpha value is -1.49. The predicted octanol–water partition coefficient (Wildman–Crippen LogP) is 2.53. The molecule has 0 spiro atoms. The Morgan fingerprint density at radius 3 is 2.42 bits per heavy atom. The molecule has 1 atom stereocenters. The number of carbonyl (C=O) groups excluding carboxylic acids is 1. The van der Waals surface area contributed by atoms with Gasteiger partial charge in [-0.2, -0.15) is 11.8 Å². The molecular formula is C14H19NO3S. The lowest BCUT2D eigenvalue weighted by atomic mass is 10.1. The summed E-state index contributed by atoms with van der Waals surface area (Å²) in [5, 5.41) is 11.5. The minimum atomic E-state index is -0.991. The standard InChI is InChI=1S/C14H19NO3S/c1-3-4-12(14(17)18)15-13(16)11-7-5-10(6-8-11)9-19-2/h5-8,12H,3-4,9H2,1-2H3,(H,15,16)(H,17,18)/t12-/m0/s1. The third-order valence-electron chi connectivity index (χ3n) is 2.71. The summed E-state index contributed by atoms with van der Waals surface area (Å²) in [5.74, 6) is -0.430. The van der Waals surface area contributed by atoms with Crippen molar-refractivity contribution in [2.24, 2.45) is 0 Å². The van der Waals surface area contributed by atoms with Crippen molar-refractivity contribution in [3.05, 3.63) is 35.4 Å². The summed E-state index contributed by atoms with van der Waals surface area (Å²) >= 11 is 1.71. The maximum absolute atomic E-state index is 11.9. The van der Waals surface area contributed by atoms with E-state index >= 15 is 0 Å². The van der Waals surface area contributed by atoms with Crippen LogP contribution in [0.3, 0.4) is 0 Å². The maximum atomic E-state index is 11.9. The van der Waals surface area contributed by atoms with Crippen LogP contribution in [0.4, 0.5) is 0 Å². The minimum Gasteiger partial charge on any atom is -0.480 e. The molecule has 1 amide bonds. The van der Waals surface area contributed by atoms with Gasteiger partial charge >= 0.3 is 5.97 Å². The van der Waals surface area contributed by atoms with E-state index in [1.807, 2.05) is 25.3 Å². The highest BCUT2D eigenvalue weighted by Gasteiger charge is 2.19. The summed E-state index contributed by atoms with van der Waals surface area (Å²) in [4.78, 5) is 22.9. The van der Waals surface area contributed by atoms with Crippen LogP contribution in [0.25, 0.3) is 0 Å². The summed E-state index contributed by atoms with van der Waals surface area (Å²) < 4.78 is 0. The van der Waals surface area contributed by atoms with Crippen LogP contribution in [0.1, 0.15) is 35.7 Å². The van der Waals surface area contributed by atoms with Gasteiger partial charge in [0, 0.05) is 11.3 Å². The van der Waals surface area contributed by atoms with E-state index in [0.717, 1.165) is 11.3 Å². The van der Waals surface area contributed by atoms with Crippen molar-refractivity contribution in [3.8, 4) is 0 Å². The Labute approximate surface area is 117 Å². The topological polar surface area (TPSA) is 66.4 Å². The van der Waals surface area contributed by atoms with E-state index < -0.39 is 12.0 Å². The molecule has 0 unspecified atom stereocenters. The zero-order valence-electron chi connectivity index (χ0n) is 11.2. The van der Waals surface area contributed by atoms with Crippen LogP contribution in [0.15, 0.2) is 24.3 Å². The summed E-state index contributed by atoms with van der Waals surface area (Å²) in [6, 6.07) is 6.42. The molecule has 0 radical (unpaired) electrons. The molecule has 19 heavy (non-hydrogen) atoms. The molecule has 104 valence electrons. The average molecular weight is 281 g/mol. The SMILES string of the molecule is CCC[C@H](NC(=O)c1ccc(CSC)cc1)C(=O)O. The fraction of sp³-hybridized carbons (Fsp3) is 0.429. The average Bonchev–Trinajstić information content (AvgIpc) is 2.39. The Morgan fingerprint density at radius 1 is 1.32 bits per heavy atom.